The van der Waals surface area contributed by atoms with Crippen LogP contribution in [0.1, 0.15) is 21.6 Å². The van der Waals surface area contributed by atoms with Gasteiger partial charge in [-0.15, -0.1) is 0 Å². The summed E-state index contributed by atoms with van der Waals surface area (Å²) in [6.45, 7) is 0. The van der Waals surface area contributed by atoms with E-state index in [0.29, 0.717) is 6.07 Å². The highest BCUT2D eigenvalue weighted by Crippen LogP contribution is 2.32. The predicted molar refractivity (Wildman–Crippen MR) is 45.3 cm³/mol. The normalized spacial score (nSPS) is 10.7. The molecule has 1 aromatic rings. The number of nitrogens with zero attached hydrogens (tertiary/aromatic N) is 2. The molecule has 1 rings (SSSR count). The minimum absolute atomic E-state index is 0.610. The Morgan fingerprint density at radius 3 is 2.62 bits per heavy atom. The number of nitriles is 1. The molecule has 0 saturated heterocycles. The molecule has 16 heavy (non-hydrogen) atoms. The second-order valence-corrected chi connectivity index (χ2v) is 2.68. The van der Waals surface area contributed by atoms with Crippen molar-refractivity contribution in [1.29, 1.82) is 5.26 Å². The van der Waals surface area contributed by atoms with Gasteiger partial charge in [0, 0.05) is 6.20 Å². The summed E-state index contributed by atoms with van der Waals surface area (Å²) in [6, 6.07) is 2.03. The van der Waals surface area contributed by atoms with E-state index in [-0.39, 0.29) is 0 Å². The number of aromatic nitrogens is 1. The number of alkyl halides is 3. The van der Waals surface area contributed by atoms with E-state index in [1.54, 1.807) is 0 Å². The van der Waals surface area contributed by atoms with E-state index < -0.39 is 29.0 Å². The van der Waals surface area contributed by atoms with Crippen LogP contribution in [0.4, 0.5) is 13.2 Å². The van der Waals surface area contributed by atoms with Gasteiger partial charge in [-0.1, -0.05) is 0 Å². The summed E-state index contributed by atoms with van der Waals surface area (Å²) in [5, 5.41) is 8.57. The van der Waals surface area contributed by atoms with Crippen LogP contribution in [0, 0.1) is 11.3 Å². The third-order valence-corrected chi connectivity index (χ3v) is 1.75. The highest BCUT2D eigenvalue weighted by atomic mass is 19.4. The fraction of sp³-hybridized carbons (Fsp3) is 0.222. The molecule has 0 saturated carbocycles. The smallest absolute Gasteiger partial charge is 0.417 e. The van der Waals surface area contributed by atoms with Gasteiger partial charge in [0.1, 0.15) is 11.6 Å². The zero-order valence-corrected chi connectivity index (χ0v) is 8.00. The van der Waals surface area contributed by atoms with Gasteiger partial charge in [0.25, 0.3) is 0 Å². The first-order valence-corrected chi connectivity index (χ1v) is 3.96. The van der Waals surface area contributed by atoms with E-state index in [0.717, 1.165) is 13.3 Å². The zero-order valence-electron chi connectivity index (χ0n) is 8.00. The van der Waals surface area contributed by atoms with Crippen molar-refractivity contribution in [2.45, 2.75) is 6.18 Å². The molecule has 4 nitrogen and oxygen atoms in total. The number of carbonyl (C=O) groups excluding carboxylic acids is 1. The quantitative estimate of drug-likeness (QED) is 0.689. The van der Waals surface area contributed by atoms with Gasteiger partial charge in [-0.3, -0.25) is 0 Å². The van der Waals surface area contributed by atoms with Gasteiger partial charge in [0.2, 0.25) is 0 Å². The molecule has 0 bridgehead atoms. The maximum Gasteiger partial charge on any atom is 0.417 e. The minimum atomic E-state index is -4.74. The summed E-state index contributed by atoms with van der Waals surface area (Å²) in [5.74, 6) is -1.24. The molecule has 1 aromatic heterocycles. The Morgan fingerprint density at radius 1 is 1.56 bits per heavy atom. The number of esters is 1. The average Bonchev–Trinajstić information content (AvgIpc) is 2.25. The van der Waals surface area contributed by atoms with Crippen LogP contribution in [-0.2, 0) is 10.9 Å². The van der Waals surface area contributed by atoms with Crippen molar-refractivity contribution >= 4 is 5.97 Å². The molecule has 0 aliphatic heterocycles. The van der Waals surface area contributed by atoms with Crippen LogP contribution < -0.4 is 0 Å². The second kappa shape index (κ2) is 4.18. The van der Waals surface area contributed by atoms with Gasteiger partial charge >= 0.3 is 12.1 Å². The zero-order chi connectivity index (χ0) is 12.3. The Morgan fingerprint density at radius 2 is 2.19 bits per heavy atom. The highest BCUT2D eigenvalue weighted by Gasteiger charge is 2.37. The average molecular weight is 230 g/mol. The summed E-state index contributed by atoms with van der Waals surface area (Å²) < 4.78 is 41.7. The molecule has 0 fully saturated rings. The first-order chi connectivity index (χ1) is 7.41. The Hall–Kier alpha value is -2.10. The minimum Gasteiger partial charge on any atom is -0.465 e. The molecule has 0 amide bonds. The fourth-order valence-corrected chi connectivity index (χ4v) is 1.09. The van der Waals surface area contributed by atoms with Crippen molar-refractivity contribution in [2.24, 2.45) is 0 Å². The third kappa shape index (κ3) is 2.11. The lowest BCUT2D eigenvalue weighted by Crippen LogP contribution is -2.16. The lowest BCUT2D eigenvalue weighted by Gasteiger charge is -2.11. The van der Waals surface area contributed by atoms with Crippen LogP contribution in [0.2, 0.25) is 0 Å². The predicted octanol–water partition coefficient (Wildman–Crippen LogP) is 1.76. The SMILES string of the molecule is COC(=O)c1c(C(F)(F)F)ccnc1C#N. The van der Waals surface area contributed by atoms with E-state index in [2.05, 4.69) is 9.72 Å². The highest BCUT2D eigenvalue weighted by molar-refractivity contribution is 5.93. The molecule has 0 aliphatic carbocycles. The van der Waals surface area contributed by atoms with E-state index in [4.69, 9.17) is 5.26 Å². The van der Waals surface area contributed by atoms with Crippen LogP contribution in [0.3, 0.4) is 0 Å². The van der Waals surface area contributed by atoms with Crippen LogP contribution in [0.5, 0.6) is 0 Å². The molecule has 0 radical (unpaired) electrons. The second-order valence-electron chi connectivity index (χ2n) is 2.68. The van der Waals surface area contributed by atoms with Crippen molar-refractivity contribution in [3.63, 3.8) is 0 Å². The lowest BCUT2D eigenvalue weighted by molar-refractivity contribution is -0.138. The number of pyridine rings is 1. The Labute approximate surface area is 88.3 Å². The van der Waals surface area contributed by atoms with E-state index >= 15 is 0 Å². The topological polar surface area (TPSA) is 63.0 Å². The Balaban J connectivity index is 3.52. The van der Waals surface area contributed by atoms with Crippen molar-refractivity contribution in [2.75, 3.05) is 7.11 Å². The number of rotatable bonds is 1. The van der Waals surface area contributed by atoms with Gasteiger partial charge in [-0.25, -0.2) is 9.78 Å². The molecule has 0 aliphatic rings. The molecule has 84 valence electrons. The first kappa shape index (κ1) is 12.0. The monoisotopic (exact) mass is 230 g/mol. The van der Waals surface area contributed by atoms with E-state index in [1.165, 1.54) is 6.07 Å². The maximum absolute atomic E-state index is 12.5. The molecule has 0 atom stereocenters. The van der Waals surface area contributed by atoms with Gasteiger partial charge in [0.15, 0.2) is 5.69 Å². The van der Waals surface area contributed by atoms with Gasteiger partial charge in [-0.2, -0.15) is 18.4 Å². The number of carbonyl (C=O) groups is 1. The summed E-state index contributed by atoms with van der Waals surface area (Å²) in [4.78, 5) is 14.5. The summed E-state index contributed by atoms with van der Waals surface area (Å²) in [6.07, 6.45) is -3.92. The fourth-order valence-electron chi connectivity index (χ4n) is 1.09. The molecule has 7 heteroatoms. The van der Waals surface area contributed by atoms with Crippen LogP contribution in [0.25, 0.3) is 0 Å². The lowest BCUT2D eigenvalue weighted by atomic mass is 10.1. The standard InChI is InChI=1S/C9H5F3N2O2/c1-16-8(15)7-5(9(10,11)12)2-3-14-6(7)4-13/h2-3H,1H3. The van der Waals surface area contributed by atoms with Crippen molar-refractivity contribution in [3.8, 4) is 6.07 Å². The van der Waals surface area contributed by atoms with Gasteiger partial charge in [0.05, 0.1) is 12.7 Å². The van der Waals surface area contributed by atoms with Gasteiger partial charge < -0.3 is 4.74 Å². The Bertz CT molecular complexity index is 463. The van der Waals surface area contributed by atoms with Crippen LogP contribution >= 0.6 is 0 Å². The number of methoxy groups -OCH3 is 1. The molecular weight excluding hydrogens is 225 g/mol. The molecule has 0 spiro atoms. The third-order valence-electron chi connectivity index (χ3n) is 1.75. The number of hydrogen-bond donors (Lipinski definition) is 0. The number of halogens is 3. The molecular formula is C9H5F3N2O2. The van der Waals surface area contributed by atoms with Crippen molar-refractivity contribution in [1.82, 2.24) is 4.98 Å². The van der Waals surface area contributed by atoms with E-state index in [1.807, 2.05) is 0 Å². The number of ether oxygens (including phenoxy) is 1. The molecule has 0 aromatic carbocycles. The molecule has 0 N–H and O–H groups in total. The summed E-state index contributed by atoms with van der Waals surface area (Å²) >= 11 is 0. The molecule has 1 heterocycles. The largest absolute Gasteiger partial charge is 0.465 e. The summed E-state index contributed by atoms with van der Waals surface area (Å²) in [7, 11) is 0.927. The van der Waals surface area contributed by atoms with Crippen LogP contribution in [-0.4, -0.2) is 18.1 Å². The molecule has 0 unspecified atom stereocenters. The van der Waals surface area contributed by atoms with Crippen molar-refractivity contribution in [3.05, 3.63) is 29.1 Å². The maximum atomic E-state index is 12.5. The summed E-state index contributed by atoms with van der Waals surface area (Å²) in [5.41, 5.74) is -2.70. The first-order valence-electron chi connectivity index (χ1n) is 3.96. The van der Waals surface area contributed by atoms with Crippen molar-refractivity contribution < 1.29 is 22.7 Å². The number of hydrogen-bond acceptors (Lipinski definition) is 4. The van der Waals surface area contributed by atoms with Crippen LogP contribution in [0.15, 0.2) is 12.3 Å². The Kier molecular flexibility index (Phi) is 3.13. The van der Waals surface area contributed by atoms with E-state index in [9.17, 15) is 18.0 Å². The van der Waals surface area contributed by atoms with Gasteiger partial charge in [-0.05, 0) is 6.07 Å².